The maximum atomic E-state index is 6.23. The molecular formula is C17H25N5. The summed E-state index contributed by atoms with van der Waals surface area (Å²) >= 11 is 0. The highest BCUT2D eigenvalue weighted by Gasteiger charge is 2.12. The molecule has 0 radical (unpaired) electrons. The number of hydrogen-bond acceptors (Lipinski definition) is 5. The molecule has 5 heteroatoms. The predicted octanol–water partition coefficient (Wildman–Crippen LogP) is 3.60. The first-order valence-corrected chi connectivity index (χ1v) is 7.83. The van der Waals surface area contributed by atoms with Crippen LogP contribution in [0.3, 0.4) is 0 Å². The molecule has 3 N–H and O–H groups in total. The quantitative estimate of drug-likeness (QED) is 0.817. The van der Waals surface area contributed by atoms with Crippen LogP contribution in [0.15, 0.2) is 30.6 Å². The van der Waals surface area contributed by atoms with E-state index in [-0.39, 0.29) is 0 Å². The lowest BCUT2D eigenvalue weighted by Crippen LogP contribution is -2.21. The van der Waals surface area contributed by atoms with Gasteiger partial charge >= 0.3 is 0 Å². The van der Waals surface area contributed by atoms with Gasteiger partial charge in [0, 0.05) is 19.3 Å². The van der Waals surface area contributed by atoms with Gasteiger partial charge in [0.2, 0.25) is 0 Å². The number of nitrogens with zero attached hydrogens (tertiary/aromatic N) is 3. The number of hydrogen-bond donors (Lipinski definition) is 2. The van der Waals surface area contributed by atoms with Crippen LogP contribution in [0.5, 0.6) is 0 Å². The SMILES string of the molecule is CCCCN(C)c1ncnc(Nc2ccc(CC)cc2)c1N. The summed E-state index contributed by atoms with van der Waals surface area (Å²) in [6.45, 7) is 5.25. The fourth-order valence-electron chi connectivity index (χ4n) is 2.25. The highest BCUT2D eigenvalue weighted by Crippen LogP contribution is 2.28. The molecular weight excluding hydrogens is 274 g/mol. The number of anilines is 4. The highest BCUT2D eigenvalue weighted by atomic mass is 15.2. The number of benzene rings is 1. The average molecular weight is 299 g/mol. The molecule has 1 heterocycles. The molecule has 2 rings (SSSR count). The zero-order chi connectivity index (χ0) is 15.9. The number of nitrogens with two attached hydrogens (primary N) is 1. The fourth-order valence-corrected chi connectivity index (χ4v) is 2.25. The van der Waals surface area contributed by atoms with E-state index in [1.165, 1.54) is 5.56 Å². The van der Waals surface area contributed by atoms with Crippen LogP contribution in [-0.2, 0) is 6.42 Å². The zero-order valence-corrected chi connectivity index (χ0v) is 13.6. The maximum absolute atomic E-state index is 6.23. The van der Waals surface area contributed by atoms with Crippen LogP contribution in [0, 0.1) is 0 Å². The van der Waals surface area contributed by atoms with E-state index in [1.807, 2.05) is 19.2 Å². The first-order valence-electron chi connectivity index (χ1n) is 7.83. The molecule has 0 saturated carbocycles. The normalized spacial score (nSPS) is 10.5. The Morgan fingerprint density at radius 1 is 1.14 bits per heavy atom. The van der Waals surface area contributed by atoms with Crippen molar-refractivity contribution in [3.05, 3.63) is 36.2 Å². The molecule has 0 amide bonds. The second-order valence-corrected chi connectivity index (χ2v) is 5.41. The molecule has 0 aliphatic carbocycles. The van der Waals surface area contributed by atoms with Gasteiger partial charge < -0.3 is 16.0 Å². The molecule has 5 nitrogen and oxygen atoms in total. The van der Waals surface area contributed by atoms with E-state index in [9.17, 15) is 0 Å². The Balaban J connectivity index is 2.17. The molecule has 0 unspecified atom stereocenters. The van der Waals surface area contributed by atoms with Crippen LogP contribution < -0.4 is 16.0 Å². The molecule has 0 spiro atoms. The number of rotatable bonds is 7. The monoisotopic (exact) mass is 299 g/mol. The summed E-state index contributed by atoms with van der Waals surface area (Å²) in [6.07, 6.45) is 4.84. The Morgan fingerprint density at radius 2 is 1.86 bits per heavy atom. The number of nitrogens with one attached hydrogen (secondary N) is 1. The van der Waals surface area contributed by atoms with Crippen LogP contribution in [0.2, 0.25) is 0 Å². The lowest BCUT2D eigenvalue weighted by Gasteiger charge is -2.20. The third-order valence-corrected chi connectivity index (χ3v) is 3.70. The topological polar surface area (TPSA) is 67.1 Å². The van der Waals surface area contributed by atoms with Crippen molar-refractivity contribution in [2.75, 3.05) is 29.5 Å². The van der Waals surface area contributed by atoms with Crippen molar-refractivity contribution in [2.45, 2.75) is 33.1 Å². The summed E-state index contributed by atoms with van der Waals surface area (Å²) in [7, 11) is 2.01. The summed E-state index contributed by atoms with van der Waals surface area (Å²) in [5.41, 5.74) is 9.10. The average Bonchev–Trinajstić information content (AvgIpc) is 2.55. The van der Waals surface area contributed by atoms with Crippen LogP contribution in [-0.4, -0.2) is 23.6 Å². The van der Waals surface area contributed by atoms with Gasteiger partial charge in [0.25, 0.3) is 0 Å². The van der Waals surface area contributed by atoms with Crippen molar-refractivity contribution >= 4 is 23.0 Å². The van der Waals surface area contributed by atoms with Gasteiger partial charge in [-0.25, -0.2) is 9.97 Å². The van der Waals surface area contributed by atoms with E-state index < -0.39 is 0 Å². The second kappa shape index (κ2) is 7.64. The summed E-state index contributed by atoms with van der Waals surface area (Å²) in [6, 6.07) is 8.30. The second-order valence-electron chi connectivity index (χ2n) is 5.41. The first-order chi connectivity index (χ1) is 10.7. The molecule has 0 aliphatic heterocycles. The first kappa shape index (κ1) is 16.1. The predicted molar refractivity (Wildman–Crippen MR) is 93.7 cm³/mol. The number of nitrogen functional groups attached to an aromatic ring is 1. The molecule has 0 aliphatic rings. The Morgan fingerprint density at radius 3 is 2.50 bits per heavy atom. The van der Waals surface area contributed by atoms with E-state index in [2.05, 4.69) is 46.2 Å². The highest BCUT2D eigenvalue weighted by molar-refractivity contribution is 5.78. The van der Waals surface area contributed by atoms with Crippen molar-refractivity contribution in [1.82, 2.24) is 9.97 Å². The van der Waals surface area contributed by atoms with Gasteiger partial charge in [-0.15, -0.1) is 0 Å². The van der Waals surface area contributed by atoms with Crippen molar-refractivity contribution in [2.24, 2.45) is 0 Å². The fraction of sp³-hybridized carbons (Fsp3) is 0.412. The number of unbranched alkanes of at least 4 members (excludes halogenated alkanes) is 1. The Kier molecular flexibility index (Phi) is 5.58. The van der Waals surface area contributed by atoms with Crippen LogP contribution in [0.25, 0.3) is 0 Å². The largest absolute Gasteiger partial charge is 0.393 e. The number of aromatic nitrogens is 2. The lowest BCUT2D eigenvalue weighted by molar-refractivity contribution is 0.759. The Bertz CT molecular complexity index is 594. The standard InChI is InChI=1S/C17H25N5/c1-4-6-11-22(3)17-15(18)16(19-12-20-17)21-14-9-7-13(5-2)8-10-14/h7-10,12H,4-6,11,18H2,1-3H3,(H,19,20,21). The van der Waals surface area contributed by atoms with Gasteiger partial charge in [-0.1, -0.05) is 32.4 Å². The third-order valence-electron chi connectivity index (χ3n) is 3.70. The molecule has 0 bridgehead atoms. The van der Waals surface area contributed by atoms with Gasteiger partial charge in [0.1, 0.15) is 12.0 Å². The molecule has 0 atom stereocenters. The molecule has 2 aromatic rings. The molecule has 118 valence electrons. The minimum atomic E-state index is 0.584. The summed E-state index contributed by atoms with van der Waals surface area (Å²) in [5.74, 6) is 1.42. The van der Waals surface area contributed by atoms with Crippen molar-refractivity contribution in [1.29, 1.82) is 0 Å². The summed E-state index contributed by atoms with van der Waals surface area (Å²) < 4.78 is 0. The van der Waals surface area contributed by atoms with Crippen LogP contribution in [0.1, 0.15) is 32.3 Å². The Hall–Kier alpha value is -2.30. The minimum Gasteiger partial charge on any atom is -0.393 e. The molecule has 0 fully saturated rings. The van der Waals surface area contributed by atoms with Crippen molar-refractivity contribution < 1.29 is 0 Å². The van der Waals surface area contributed by atoms with E-state index in [0.29, 0.717) is 11.5 Å². The van der Waals surface area contributed by atoms with Crippen LogP contribution in [0.4, 0.5) is 23.0 Å². The molecule has 1 aromatic heterocycles. The maximum Gasteiger partial charge on any atom is 0.159 e. The van der Waals surface area contributed by atoms with Gasteiger partial charge in [-0.3, -0.25) is 0 Å². The number of aryl methyl sites for hydroxylation is 1. The zero-order valence-electron chi connectivity index (χ0n) is 13.6. The smallest absolute Gasteiger partial charge is 0.159 e. The molecule has 22 heavy (non-hydrogen) atoms. The summed E-state index contributed by atoms with van der Waals surface area (Å²) in [4.78, 5) is 10.7. The van der Waals surface area contributed by atoms with Crippen LogP contribution >= 0.6 is 0 Å². The van der Waals surface area contributed by atoms with E-state index in [0.717, 1.165) is 37.3 Å². The van der Waals surface area contributed by atoms with Crippen molar-refractivity contribution in [3.63, 3.8) is 0 Å². The van der Waals surface area contributed by atoms with Gasteiger partial charge in [-0.05, 0) is 30.5 Å². The summed E-state index contributed by atoms with van der Waals surface area (Å²) in [5, 5.41) is 3.27. The van der Waals surface area contributed by atoms with Gasteiger partial charge in [0.05, 0.1) is 0 Å². The minimum absolute atomic E-state index is 0.584. The van der Waals surface area contributed by atoms with Gasteiger partial charge in [0.15, 0.2) is 11.6 Å². The Labute approximate surface area is 132 Å². The van der Waals surface area contributed by atoms with E-state index >= 15 is 0 Å². The van der Waals surface area contributed by atoms with E-state index in [4.69, 9.17) is 5.73 Å². The lowest BCUT2D eigenvalue weighted by atomic mass is 10.1. The molecule has 1 aromatic carbocycles. The third kappa shape index (κ3) is 3.87. The van der Waals surface area contributed by atoms with Gasteiger partial charge in [-0.2, -0.15) is 0 Å². The van der Waals surface area contributed by atoms with E-state index in [1.54, 1.807) is 6.33 Å². The molecule has 0 saturated heterocycles. The van der Waals surface area contributed by atoms with Crippen molar-refractivity contribution in [3.8, 4) is 0 Å².